The van der Waals surface area contributed by atoms with Crippen molar-refractivity contribution in [1.82, 2.24) is 9.21 Å². The highest BCUT2D eigenvalue weighted by molar-refractivity contribution is 7.88. The van der Waals surface area contributed by atoms with Crippen molar-refractivity contribution in [3.63, 3.8) is 0 Å². The van der Waals surface area contributed by atoms with Crippen molar-refractivity contribution in [3.8, 4) is 5.75 Å². The number of rotatable bonds is 2. The van der Waals surface area contributed by atoms with E-state index < -0.39 is 15.6 Å². The zero-order chi connectivity index (χ0) is 20.6. The van der Waals surface area contributed by atoms with Gasteiger partial charge in [-0.25, -0.2) is 8.42 Å². The summed E-state index contributed by atoms with van der Waals surface area (Å²) in [7, 11) is -3.37. The summed E-state index contributed by atoms with van der Waals surface area (Å²) in [4.78, 5) is 14.8. The van der Waals surface area contributed by atoms with E-state index in [0.29, 0.717) is 52.2 Å². The molecule has 3 heterocycles. The van der Waals surface area contributed by atoms with Gasteiger partial charge in [0.25, 0.3) is 0 Å². The van der Waals surface area contributed by atoms with Gasteiger partial charge in [-0.1, -0.05) is 17.7 Å². The van der Waals surface area contributed by atoms with Gasteiger partial charge in [0.1, 0.15) is 11.4 Å². The molecule has 0 unspecified atom stereocenters. The van der Waals surface area contributed by atoms with Crippen LogP contribution in [0.25, 0.3) is 0 Å². The number of benzene rings is 1. The van der Waals surface area contributed by atoms with Crippen LogP contribution in [-0.2, 0) is 26.1 Å². The molecule has 8 heteroatoms. The Kier molecular flexibility index (Phi) is 5.61. The Bertz CT molecular complexity index is 871. The van der Waals surface area contributed by atoms with E-state index in [2.05, 4.69) is 0 Å². The normalized spacial score (nSPS) is 23.3. The Morgan fingerprint density at radius 2 is 1.86 bits per heavy atom. The number of amides is 1. The third-order valence-electron chi connectivity index (χ3n) is 6.38. The number of carbonyl (C=O) groups excluding carboxylic acids is 1. The summed E-state index contributed by atoms with van der Waals surface area (Å²) in [5, 5.41) is 0. The summed E-state index contributed by atoms with van der Waals surface area (Å²) in [5.74, 6) is 1.00. The molecule has 0 atom stereocenters. The molecule has 160 valence electrons. The highest BCUT2D eigenvalue weighted by Gasteiger charge is 2.44. The van der Waals surface area contributed by atoms with Gasteiger partial charge < -0.3 is 14.4 Å². The van der Waals surface area contributed by atoms with Crippen LogP contribution in [0.2, 0.25) is 0 Å². The highest BCUT2D eigenvalue weighted by Crippen LogP contribution is 2.37. The predicted octanol–water partition coefficient (Wildman–Crippen LogP) is 1.94. The van der Waals surface area contributed by atoms with E-state index in [1.165, 1.54) is 10.6 Å². The fourth-order valence-electron chi connectivity index (χ4n) is 4.60. The van der Waals surface area contributed by atoms with Crippen molar-refractivity contribution in [1.29, 1.82) is 0 Å². The number of hydrogen-bond donors (Lipinski definition) is 0. The summed E-state index contributed by atoms with van der Waals surface area (Å²) >= 11 is 0. The Morgan fingerprint density at radius 1 is 1.17 bits per heavy atom. The SMILES string of the molecule is Cc1ccc2c(c1)CN(S(C)(=O)=O)CC1(CCN(C(=O)C3CCOCC3)CC1)O2. The topological polar surface area (TPSA) is 76.2 Å². The Labute approximate surface area is 173 Å². The maximum atomic E-state index is 12.9. The summed E-state index contributed by atoms with van der Waals surface area (Å²) in [5.41, 5.74) is 1.37. The summed E-state index contributed by atoms with van der Waals surface area (Å²) in [6.45, 7) is 5.12. The molecule has 7 nitrogen and oxygen atoms in total. The molecule has 4 rings (SSSR count). The first kappa shape index (κ1) is 20.6. The van der Waals surface area contributed by atoms with Crippen LogP contribution < -0.4 is 4.74 Å². The molecular formula is C21H30N2O5S. The second-order valence-corrected chi connectivity index (χ2v) is 10.6. The third-order valence-corrected chi connectivity index (χ3v) is 7.58. The molecule has 2 saturated heterocycles. The molecule has 29 heavy (non-hydrogen) atoms. The molecule has 3 aliphatic heterocycles. The molecule has 0 aromatic heterocycles. The van der Waals surface area contributed by atoms with Gasteiger partial charge in [0.2, 0.25) is 15.9 Å². The van der Waals surface area contributed by atoms with E-state index in [4.69, 9.17) is 9.47 Å². The minimum Gasteiger partial charge on any atom is -0.485 e. The van der Waals surface area contributed by atoms with Crippen LogP contribution in [0.5, 0.6) is 5.75 Å². The molecule has 1 aromatic rings. The minimum absolute atomic E-state index is 0.0454. The van der Waals surface area contributed by atoms with Crippen molar-refractivity contribution >= 4 is 15.9 Å². The summed E-state index contributed by atoms with van der Waals surface area (Å²) in [6, 6.07) is 5.93. The molecular weight excluding hydrogens is 392 g/mol. The van der Waals surface area contributed by atoms with Gasteiger partial charge in [0.05, 0.1) is 12.8 Å². The molecule has 2 fully saturated rings. The lowest BCUT2D eigenvalue weighted by molar-refractivity contribution is -0.142. The first-order valence-electron chi connectivity index (χ1n) is 10.4. The number of fused-ring (bicyclic) bond motifs is 1. The zero-order valence-corrected chi connectivity index (χ0v) is 18.0. The van der Waals surface area contributed by atoms with E-state index in [9.17, 15) is 13.2 Å². The molecule has 1 spiro atoms. The quantitative estimate of drug-likeness (QED) is 0.728. The standard InChI is InChI=1S/C21H30N2O5S/c1-16-3-4-19-18(13-16)14-23(29(2,25)26)15-21(28-19)7-9-22(10-8-21)20(24)17-5-11-27-12-6-17/h3-4,13,17H,5-12,14-15H2,1-2H3. The van der Waals surface area contributed by atoms with Crippen molar-refractivity contribution in [2.45, 2.75) is 44.8 Å². The second kappa shape index (κ2) is 7.89. The lowest BCUT2D eigenvalue weighted by Crippen LogP contribution is -2.55. The van der Waals surface area contributed by atoms with Crippen LogP contribution >= 0.6 is 0 Å². The number of hydrogen-bond acceptors (Lipinski definition) is 5. The fraction of sp³-hybridized carbons (Fsp3) is 0.667. The first-order chi connectivity index (χ1) is 13.8. The number of ether oxygens (including phenoxy) is 2. The molecule has 1 aromatic carbocycles. The molecule has 0 radical (unpaired) electrons. The lowest BCUT2D eigenvalue weighted by Gasteiger charge is -2.43. The van der Waals surface area contributed by atoms with Gasteiger partial charge in [-0.15, -0.1) is 0 Å². The average Bonchev–Trinajstić information content (AvgIpc) is 2.85. The van der Waals surface area contributed by atoms with Gasteiger partial charge in [0.15, 0.2) is 0 Å². The van der Waals surface area contributed by atoms with Crippen molar-refractivity contribution in [3.05, 3.63) is 29.3 Å². The molecule has 0 aliphatic carbocycles. The van der Waals surface area contributed by atoms with Crippen LogP contribution in [0, 0.1) is 12.8 Å². The summed E-state index contributed by atoms with van der Waals surface area (Å²) in [6.07, 6.45) is 4.07. The molecule has 0 bridgehead atoms. The lowest BCUT2D eigenvalue weighted by atomic mass is 9.89. The number of nitrogens with zero attached hydrogens (tertiary/aromatic N) is 2. The third kappa shape index (κ3) is 4.44. The Morgan fingerprint density at radius 3 is 2.52 bits per heavy atom. The molecule has 3 aliphatic rings. The van der Waals surface area contributed by atoms with E-state index in [0.717, 1.165) is 29.7 Å². The van der Waals surface area contributed by atoms with Crippen LogP contribution in [0.3, 0.4) is 0 Å². The second-order valence-electron chi connectivity index (χ2n) is 8.64. The van der Waals surface area contributed by atoms with Gasteiger partial charge in [-0.05, 0) is 25.8 Å². The Balaban J connectivity index is 1.54. The Hall–Kier alpha value is -1.64. The number of sulfonamides is 1. The van der Waals surface area contributed by atoms with Gasteiger partial charge in [-0.3, -0.25) is 4.79 Å². The maximum Gasteiger partial charge on any atom is 0.225 e. The first-order valence-corrected chi connectivity index (χ1v) is 12.2. The number of carbonyl (C=O) groups is 1. The number of likely N-dealkylation sites (tertiary alicyclic amines) is 1. The molecule has 1 amide bonds. The van der Waals surface area contributed by atoms with E-state index in [1.54, 1.807) is 0 Å². The summed E-state index contributed by atoms with van der Waals surface area (Å²) < 4.78 is 38.2. The maximum absolute atomic E-state index is 12.9. The monoisotopic (exact) mass is 422 g/mol. The van der Waals surface area contributed by atoms with Crippen LogP contribution in [0.15, 0.2) is 18.2 Å². The number of piperidine rings is 1. The van der Waals surface area contributed by atoms with Crippen LogP contribution in [0.1, 0.15) is 36.8 Å². The highest BCUT2D eigenvalue weighted by atomic mass is 32.2. The fourth-order valence-corrected chi connectivity index (χ4v) is 5.44. The van der Waals surface area contributed by atoms with Gasteiger partial charge in [-0.2, -0.15) is 4.31 Å². The molecule has 0 saturated carbocycles. The smallest absolute Gasteiger partial charge is 0.225 e. The van der Waals surface area contributed by atoms with E-state index in [-0.39, 0.29) is 11.8 Å². The average molecular weight is 423 g/mol. The predicted molar refractivity (Wildman–Crippen MR) is 109 cm³/mol. The van der Waals surface area contributed by atoms with E-state index >= 15 is 0 Å². The van der Waals surface area contributed by atoms with E-state index in [1.807, 2.05) is 30.0 Å². The molecule has 0 N–H and O–H groups in total. The van der Waals surface area contributed by atoms with Crippen molar-refractivity contribution in [2.24, 2.45) is 5.92 Å². The van der Waals surface area contributed by atoms with Crippen molar-refractivity contribution < 1.29 is 22.7 Å². The minimum atomic E-state index is -3.37. The van der Waals surface area contributed by atoms with Crippen LogP contribution in [-0.4, -0.2) is 68.2 Å². The zero-order valence-electron chi connectivity index (χ0n) is 17.2. The van der Waals surface area contributed by atoms with Gasteiger partial charge >= 0.3 is 0 Å². The van der Waals surface area contributed by atoms with Gasteiger partial charge in [0, 0.05) is 57.2 Å². The number of aryl methyl sites for hydroxylation is 1. The van der Waals surface area contributed by atoms with Crippen LogP contribution in [0.4, 0.5) is 0 Å². The largest absolute Gasteiger partial charge is 0.485 e. The van der Waals surface area contributed by atoms with Crippen molar-refractivity contribution in [2.75, 3.05) is 39.1 Å².